The minimum absolute atomic E-state index is 0.0166. The molecule has 1 heterocycles. The van der Waals surface area contributed by atoms with E-state index in [1.807, 2.05) is 0 Å². The smallest absolute Gasteiger partial charge is 0.240 e. The maximum absolute atomic E-state index is 11.8. The molecule has 0 unspecified atom stereocenters. The van der Waals surface area contributed by atoms with E-state index in [0.29, 0.717) is 12.8 Å². The molecule has 1 saturated carbocycles. The maximum atomic E-state index is 11.8. The van der Waals surface area contributed by atoms with Gasteiger partial charge in [0.05, 0.1) is 17.0 Å². The van der Waals surface area contributed by atoms with Crippen molar-refractivity contribution in [3.05, 3.63) is 0 Å². The second-order valence-electron chi connectivity index (χ2n) is 4.91. The van der Waals surface area contributed by atoms with Gasteiger partial charge in [0, 0.05) is 6.04 Å². The molecule has 2 rings (SSSR count). The van der Waals surface area contributed by atoms with Crippen molar-refractivity contribution in [3.63, 3.8) is 0 Å². The summed E-state index contributed by atoms with van der Waals surface area (Å²) in [7, 11) is -2.86. The second-order valence-corrected chi connectivity index (χ2v) is 7.21. The van der Waals surface area contributed by atoms with Crippen LogP contribution in [-0.2, 0) is 14.6 Å². The van der Waals surface area contributed by atoms with Crippen LogP contribution in [0.5, 0.6) is 0 Å². The minimum Gasteiger partial charge on any atom is -0.352 e. The van der Waals surface area contributed by atoms with Gasteiger partial charge in [-0.2, -0.15) is 0 Å². The van der Waals surface area contributed by atoms with E-state index in [1.54, 1.807) is 0 Å². The van der Waals surface area contributed by atoms with Gasteiger partial charge in [-0.3, -0.25) is 4.79 Å². The number of amides is 1. The molecule has 5 nitrogen and oxygen atoms in total. The molecule has 16 heavy (non-hydrogen) atoms. The third kappa shape index (κ3) is 2.38. The molecule has 1 amide bonds. The van der Waals surface area contributed by atoms with E-state index in [-0.39, 0.29) is 23.5 Å². The van der Waals surface area contributed by atoms with Crippen LogP contribution >= 0.6 is 0 Å². The molecule has 1 saturated heterocycles. The van der Waals surface area contributed by atoms with Crippen molar-refractivity contribution >= 4 is 15.7 Å². The molecule has 6 heteroatoms. The van der Waals surface area contributed by atoms with Crippen LogP contribution in [0.3, 0.4) is 0 Å². The Morgan fingerprint density at radius 1 is 1.25 bits per heavy atom. The van der Waals surface area contributed by atoms with E-state index in [1.165, 1.54) is 0 Å². The van der Waals surface area contributed by atoms with Crippen molar-refractivity contribution < 1.29 is 13.2 Å². The Bertz CT molecular complexity index is 373. The average Bonchev–Trinajstić information content (AvgIpc) is 2.17. The fourth-order valence-electron chi connectivity index (χ4n) is 2.15. The lowest BCUT2D eigenvalue weighted by molar-refractivity contribution is -0.130. The molecule has 0 atom stereocenters. The molecular formula is C10H18N2O3S. The summed E-state index contributed by atoms with van der Waals surface area (Å²) in [5.41, 5.74) is 5.20. The van der Waals surface area contributed by atoms with Crippen LogP contribution in [0.4, 0.5) is 0 Å². The van der Waals surface area contributed by atoms with Crippen molar-refractivity contribution in [3.8, 4) is 0 Å². The van der Waals surface area contributed by atoms with Crippen LogP contribution in [0.15, 0.2) is 0 Å². The maximum Gasteiger partial charge on any atom is 0.240 e. The topological polar surface area (TPSA) is 89.3 Å². The van der Waals surface area contributed by atoms with Gasteiger partial charge in [-0.15, -0.1) is 0 Å². The summed E-state index contributed by atoms with van der Waals surface area (Å²) < 4.78 is 22.4. The highest BCUT2D eigenvalue weighted by molar-refractivity contribution is 7.91. The highest BCUT2D eigenvalue weighted by Gasteiger charge is 2.41. The molecule has 1 aliphatic heterocycles. The van der Waals surface area contributed by atoms with E-state index in [0.717, 1.165) is 19.3 Å². The molecule has 2 fully saturated rings. The van der Waals surface area contributed by atoms with Crippen LogP contribution in [0, 0.1) is 0 Å². The number of hydrogen-bond acceptors (Lipinski definition) is 4. The first-order valence-electron chi connectivity index (χ1n) is 5.72. The highest BCUT2D eigenvalue weighted by atomic mass is 32.2. The predicted octanol–water partition coefficient (Wildman–Crippen LogP) is -0.439. The number of sulfone groups is 1. The van der Waals surface area contributed by atoms with Gasteiger partial charge in [0.2, 0.25) is 5.91 Å². The molecule has 0 aromatic rings. The fraction of sp³-hybridized carbons (Fsp3) is 0.900. The molecule has 3 N–H and O–H groups in total. The predicted molar refractivity (Wildman–Crippen MR) is 60.6 cm³/mol. The van der Waals surface area contributed by atoms with E-state index in [2.05, 4.69) is 5.32 Å². The quantitative estimate of drug-likeness (QED) is 0.691. The van der Waals surface area contributed by atoms with Crippen molar-refractivity contribution in [2.45, 2.75) is 43.7 Å². The molecule has 0 bridgehead atoms. The first-order chi connectivity index (χ1) is 7.41. The molecule has 0 spiro atoms. The van der Waals surface area contributed by atoms with E-state index in [4.69, 9.17) is 5.73 Å². The van der Waals surface area contributed by atoms with E-state index in [9.17, 15) is 13.2 Å². The van der Waals surface area contributed by atoms with Gasteiger partial charge >= 0.3 is 0 Å². The van der Waals surface area contributed by atoms with Crippen LogP contribution in [0.25, 0.3) is 0 Å². The normalized spacial score (nSPS) is 28.1. The zero-order chi connectivity index (χ0) is 11.8. The fourth-order valence-corrected chi connectivity index (χ4v) is 3.64. The van der Waals surface area contributed by atoms with Crippen LogP contribution in [0.2, 0.25) is 0 Å². The van der Waals surface area contributed by atoms with Crippen molar-refractivity contribution in [1.29, 1.82) is 0 Å². The number of hydrogen-bond donors (Lipinski definition) is 2. The first kappa shape index (κ1) is 11.9. The molecule has 2 aliphatic rings. The number of carbonyl (C=O) groups excluding carboxylic acids is 1. The highest BCUT2D eigenvalue weighted by Crippen LogP contribution is 2.29. The van der Waals surface area contributed by atoms with Gasteiger partial charge in [-0.1, -0.05) is 0 Å². The Hall–Kier alpha value is -0.620. The van der Waals surface area contributed by atoms with E-state index < -0.39 is 15.4 Å². The van der Waals surface area contributed by atoms with Gasteiger partial charge in [0.15, 0.2) is 0 Å². The molecule has 92 valence electrons. The van der Waals surface area contributed by atoms with Gasteiger partial charge in [-0.05, 0) is 32.1 Å². The van der Waals surface area contributed by atoms with Crippen LogP contribution < -0.4 is 11.1 Å². The Balaban J connectivity index is 1.85. The monoisotopic (exact) mass is 246 g/mol. The Morgan fingerprint density at radius 3 is 2.25 bits per heavy atom. The number of nitrogens with two attached hydrogens (primary N) is 1. The largest absolute Gasteiger partial charge is 0.352 e. The zero-order valence-corrected chi connectivity index (χ0v) is 10.1. The summed E-state index contributed by atoms with van der Waals surface area (Å²) in [5.74, 6) is 0.244. The Kier molecular flexibility index (Phi) is 2.96. The van der Waals surface area contributed by atoms with Crippen LogP contribution in [0.1, 0.15) is 32.1 Å². The number of carbonyl (C=O) groups is 1. The summed E-state index contributed by atoms with van der Waals surface area (Å²) in [6.07, 6.45) is 3.52. The minimum atomic E-state index is -2.86. The van der Waals surface area contributed by atoms with Crippen LogP contribution in [-0.4, -0.2) is 37.4 Å². The Morgan fingerprint density at radius 2 is 1.81 bits per heavy atom. The lowest BCUT2D eigenvalue weighted by Crippen LogP contribution is -2.60. The Labute approximate surface area is 95.7 Å². The summed E-state index contributed by atoms with van der Waals surface area (Å²) in [6, 6.07) is -0.0166. The lowest BCUT2D eigenvalue weighted by Gasteiger charge is -2.38. The summed E-state index contributed by atoms with van der Waals surface area (Å²) in [5, 5.41) is 2.87. The molecular weight excluding hydrogens is 228 g/mol. The third-order valence-corrected chi connectivity index (χ3v) is 5.30. The van der Waals surface area contributed by atoms with Gasteiger partial charge in [0.1, 0.15) is 9.84 Å². The summed E-state index contributed by atoms with van der Waals surface area (Å²) in [6.45, 7) is 0. The molecule has 0 aromatic carbocycles. The zero-order valence-electron chi connectivity index (χ0n) is 9.24. The second kappa shape index (κ2) is 4.00. The third-order valence-electron chi connectivity index (χ3n) is 3.59. The van der Waals surface area contributed by atoms with Gasteiger partial charge < -0.3 is 11.1 Å². The molecule has 0 aromatic heterocycles. The van der Waals surface area contributed by atoms with Crippen molar-refractivity contribution in [2.24, 2.45) is 5.73 Å². The molecule has 1 aliphatic carbocycles. The van der Waals surface area contributed by atoms with E-state index >= 15 is 0 Å². The number of rotatable bonds is 2. The van der Waals surface area contributed by atoms with Crippen molar-refractivity contribution in [1.82, 2.24) is 5.32 Å². The summed E-state index contributed by atoms with van der Waals surface area (Å²) >= 11 is 0. The average molecular weight is 246 g/mol. The summed E-state index contributed by atoms with van der Waals surface area (Å²) in [4.78, 5) is 11.8. The van der Waals surface area contributed by atoms with Crippen molar-refractivity contribution in [2.75, 3.05) is 11.5 Å². The van der Waals surface area contributed by atoms with Gasteiger partial charge in [0.25, 0.3) is 0 Å². The standard InChI is InChI=1S/C10H18N2O3S/c11-10(4-1-5-10)9(13)12-8-2-6-16(14,15)7-3-8/h8H,1-7,11H2,(H,12,13). The van der Waals surface area contributed by atoms with Gasteiger partial charge in [-0.25, -0.2) is 8.42 Å². The SMILES string of the molecule is NC1(C(=O)NC2CCS(=O)(=O)CC2)CCC1. The number of nitrogens with one attached hydrogen (secondary N) is 1. The first-order valence-corrected chi connectivity index (χ1v) is 7.54. The lowest BCUT2D eigenvalue weighted by atomic mass is 9.77. The molecule has 0 radical (unpaired) electrons.